The van der Waals surface area contributed by atoms with Crippen LogP contribution in [0.2, 0.25) is 0 Å². The second-order valence-electron chi connectivity index (χ2n) is 8.55. The van der Waals surface area contributed by atoms with E-state index in [0.717, 1.165) is 41.6 Å². The van der Waals surface area contributed by atoms with Gasteiger partial charge >= 0.3 is 0 Å². The first-order chi connectivity index (χ1) is 16.1. The monoisotopic (exact) mass is 455 g/mol. The maximum Gasteiger partial charge on any atom is 0.232 e. The van der Waals surface area contributed by atoms with Gasteiger partial charge in [0.2, 0.25) is 5.88 Å². The number of hydrogen-bond acceptors (Lipinski definition) is 8. The number of benzene rings is 1. The van der Waals surface area contributed by atoms with Crippen molar-refractivity contribution in [3.8, 4) is 11.3 Å². The highest BCUT2D eigenvalue weighted by Gasteiger charge is 2.27. The van der Waals surface area contributed by atoms with Crippen molar-refractivity contribution in [2.75, 3.05) is 44.4 Å². The van der Waals surface area contributed by atoms with E-state index in [4.69, 9.17) is 18.4 Å². The molecule has 1 fully saturated rings. The molecule has 0 radical (unpaired) electrons. The molecule has 0 aliphatic carbocycles. The third-order valence-electron chi connectivity index (χ3n) is 5.78. The minimum atomic E-state index is -0.630. The molecule has 1 N–H and O–H groups in total. The first-order valence-electron chi connectivity index (χ1n) is 11.5. The van der Waals surface area contributed by atoms with Gasteiger partial charge in [0, 0.05) is 37.8 Å². The van der Waals surface area contributed by atoms with Gasteiger partial charge in [0.25, 0.3) is 0 Å². The number of ether oxygens (including phenoxy) is 2. The quantitative estimate of drug-likeness (QED) is 0.470. The number of morpholine rings is 1. The summed E-state index contributed by atoms with van der Waals surface area (Å²) in [5.74, 6) is 1.53. The van der Waals surface area contributed by atoms with E-state index in [-0.39, 0.29) is 12.6 Å². The van der Waals surface area contributed by atoms with Crippen molar-refractivity contribution >= 4 is 5.88 Å². The van der Waals surface area contributed by atoms with Gasteiger partial charge in [0.1, 0.15) is 18.1 Å². The summed E-state index contributed by atoms with van der Waals surface area (Å²) >= 11 is 0. The fraction of sp³-hybridized carbons (Fsp3) is 0.480. The van der Waals surface area contributed by atoms with E-state index in [2.05, 4.69) is 28.8 Å². The Morgan fingerprint density at radius 1 is 1.12 bits per heavy atom. The van der Waals surface area contributed by atoms with Crippen molar-refractivity contribution in [1.82, 2.24) is 10.1 Å². The average molecular weight is 456 g/mol. The molecule has 8 nitrogen and oxygen atoms in total. The topological polar surface area (TPSA) is 84.3 Å². The van der Waals surface area contributed by atoms with Crippen molar-refractivity contribution < 1.29 is 23.5 Å². The van der Waals surface area contributed by atoms with Crippen LogP contribution in [0.3, 0.4) is 0 Å². The summed E-state index contributed by atoms with van der Waals surface area (Å²) in [4.78, 5) is 4.42. The van der Waals surface area contributed by atoms with Gasteiger partial charge in [-0.2, -0.15) is 0 Å². The maximum atomic E-state index is 10.7. The molecule has 178 valence electrons. The summed E-state index contributed by atoms with van der Waals surface area (Å²) in [6.45, 7) is 8.77. The average Bonchev–Trinajstić information content (AvgIpc) is 3.50. The van der Waals surface area contributed by atoms with Crippen molar-refractivity contribution in [1.29, 1.82) is 0 Å². The Morgan fingerprint density at radius 2 is 1.91 bits per heavy atom. The normalized spacial score (nSPS) is 15.5. The van der Waals surface area contributed by atoms with Crippen molar-refractivity contribution in [2.45, 2.75) is 39.1 Å². The molecular formula is C25H33N3O5. The lowest BCUT2D eigenvalue weighted by Gasteiger charge is -2.31. The van der Waals surface area contributed by atoms with Crippen molar-refractivity contribution in [2.24, 2.45) is 0 Å². The van der Waals surface area contributed by atoms with E-state index in [1.807, 2.05) is 42.5 Å². The van der Waals surface area contributed by atoms with Crippen LogP contribution in [0.15, 0.2) is 57.7 Å². The lowest BCUT2D eigenvalue weighted by molar-refractivity contribution is -0.00115. The zero-order valence-corrected chi connectivity index (χ0v) is 19.4. The maximum absolute atomic E-state index is 10.7. The number of aliphatic hydroxyl groups excluding tert-OH is 1. The van der Waals surface area contributed by atoms with Crippen LogP contribution in [0, 0.1) is 0 Å². The Hall–Kier alpha value is -2.65. The van der Waals surface area contributed by atoms with Gasteiger partial charge in [0.05, 0.1) is 37.8 Å². The summed E-state index contributed by atoms with van der Waals surface area (Å²) in [6, 6.07) is 14.0. The SMILES string of the molecule is CC(C)N(Cc1c(-c2ccccc2)noc1N1CCOCC1)C[C@H](O)COCc1ccco1. The van der Waals surface area contributed by atoms with Crippen LogP contribution in [-0.4, -0.2) is 66.8 Å². The van der Waals surface area contributed by atoms with Gasteiger partial charge in [-0.1, -0.05) is 35.5 Å². The zero-order valence-electron chi connectivity index (χ0n) is 19.4. The Kier molecular flexibility index (Phi) is 8.17. The van der Waals surface area contributed by atoms with E-state index in [9.17, 15) is 5.11 Å². The number of anilines is 1. The molecule has 2 aromatic heterocycles. The standard InChI is InChI=1S/C25H33N3O5/c1-19(2)28(15-21(29)17-31-18-22-9-6-12-32-22)16-23-24(20-7-4-3-5-8-20)26-33-25(23)27-10-13-30-14-11-27/h3-9,12,19,21,29H,10-11,13-18H2,1-2H3/t21-/m0/s1. The van der Waals surface area contributed by atoms with E-state index >= 15 is 0 Å². The number of aromatic nitrogens is 1. The van der Waals surface area contributed by atoms with Gasteiger partial charge in [-0.15, -0.1) is 0 Å². The first-order valence-corrected chi connectivity index (χ1v) is 11.5. The van der Waals surface area contributed by atoms with E-state index in [1.54, 1.807) is 6.26 Å². The Bertz CT molecular complexity index is 952. The van der Waals surface area contributed by atoms with E-state index < -0.39 is 6.10 Å². The minimum Gasteiger partial charge on any atom is -0.467 e. The smallest absolute Gasteiger partial charge is 0.232 e. The summed E-state index contributed by atoms with van der Waals surface area (Å²) < 4.78 is 22.3. The Morgan fingerprint density at radius 3 is 2.61 bits per heavy atom. The molecule has 4 rings (SSSR count). The number of rotatable bonds is 11. The molecule has 0 saturated carbocycles. The number of furan rings is 1. The van der Waals surface area contributed by atoms with Gasteiger partial charge in [-0.05, 0) is 26.0 Å². The van der Waals surface area contributed by atoms with Crippen LogP contribution in [0.4, 0.5) is 5.88 Å². The second-order valence-corrected chi connectivity index (χ2v) is 8.55. The van der Waals surface area contributed by atoms with Gasteiger partial charge in [-0.25, -0.2) is 0 Å². The molecule has 1 atom stereocenters. The third kappa shape index (κ3) is 6.23. The van der Waals surface area contributed by atoms with Crippen LogP contribution >= 0.6 is 0 Å². The first kappa shape index (κ1) is 23.5. The van der Waals surface area contributed by atoms with Gasteiger partial charge in [-0.3, -0.25) is 4.90 Å². The van der Waals surface area contributed by atoms with E-state index in [1.165, 1.54) is 0 Å². The zero-order chi connectivity index (χ0) is 23.0. The molecule has 0 unspecified atom stereocenters. The second kappa shape index (κ2) is 11.5. The molecule has 33 heavy (non-hydrogen) atoms. The van der Waals surface area contributed by atoms with Crippen molar-refractivity contribution in [3.05, 3.63) is 60.1 Å². The lowest BCUT2D eigenvalue weighted by Crippen LogP contribution is -2.40. The number of nitrogens with zero attached hydrogens (tertiary/aromatic N) is 3. The van der Waals surface area contributed by atoms with Crippen LogP contribution in [0.5, 0.6) is 0 Å². The van der Waals surface area contributed by atoms with Gasteiger partial charge < -0.3 is 28.4 Å². The highest BCUT2D eigenvalue weighted by atomic mass is 16.5. The third-order valence-corrected chi connectivity index (χ3v) is 5.78. The molecule has 0 amide bonds. The van der Waals surface area contributed by atoms with E-state index in [0.29, 0.717) is 32.9 Å². The fourth-order valence-corrected chi connectivity index (χ4v) is 3.96. The molecule has 1 aliphatic heterocycles. The molecule has 1 aromatic carbocycles. The summed E-state index contributed by atoms with van der Waals surface area (Å²) in [5.41, 5.74) is 2.88. The predicted molar refractivity (Wildman–Crippen MR) is 125 cm³/mol. The summed E-state index contributed by atoms with van der Waals surface area (Å²) in [7, 11) is 0. The molecule has 1 aliphatic rings. The van der Waals surface area contributed by atoms with Crippen LogP contribution in [-0.2, 0) is 22.6 Å². The van der Waals surface area contributed by atoms with Crippen LogP contribution in [0.25, 0.3) is 11.3 Å². The number of aliphatic hydroxyl groups is 1. The highest BCUT2D eigenvalue weighted by Crippen LogP contribution is 2.33. The van der Waals surface area contributed by atoms with Crippen LogP contribution < -0.4 is 4.90 Å². The van der Waals surface area contributed by atoms with Crippen LogP contribution in [0.1, 0.15) is 25.2 Å². The minimum absolute atomic E-state index is 0.209. The Labute approximate surface area is 194 Å². The predicted octanol–water partition coefficient (Wildman–Crippen LogP) is 3.56. The summed E-state index contributed by atoms with van der Waals surface area (Å²) in [5, 5.41) is 15.1. The number of hydrogen-bond donors (Lipinski definition) is 1. The van der Waals surface area contributed by atoms with Crippen molar-refractivity contribution in [3.63, 3.8) is 0 Å². The molecule has 1 saturated heterocycles. The fourth-order valence-electron chi connectivity index (χ4n) is 3.96. The Balaban J connectivity index is 1.49. The molecule has 0 bridgehead atoms. The highest BCUT2D eigenvalue weighted by molar-refractivity contribution is 5.68. The largest absolute Gasteiger partial charge is 0.467 e. The molecule has 0 spiro atoms. The van der Waals surface area contributed by atoms with Gasteiger partial charge in [0.15, 0.2) is 0 Å². The summed E-state index contributed by atoms with van der Waals surface area (Å²) in [6.07, 6.45) is 0.986. The molecule has 3 heterocycles. The molecule has 8 heteroatoms. The molecular weight excluding hydrogens is 422 g/mol. The molecule has 3 aromatic rings. The lowest BCUT2D eigenvalue weighted by atomic mass is 10.1.